The molecule has 0 bridgehead atoms. The number of morpholine rings is 1. The van der Waals surface area contributed by atoms with E-state index < -0.39 is 16.0 Å². The summed E-state index contributed by atoms with van der Waals surface area (Å²) in [6.07, 6.45) is 0.0542. The minimum Gasteiger partial charge on any atom is -0.481 e. The molecule has 0 aromatic heterocycles. The Bertz CT molecular complexity index is 307. The number of carboxylic acid groups (broad SMARTS) is 1. The number of aliphatic carboxylic acids is 1. The lowest BCUT2D eigenvalue weighted by Crippen LogP contribution is -2.41. The lowest BCUT2D eigenvalue weighted by Gasteiger charge is -2.25. The molecule has 0 amide bonds. The van der Waals surface area contributed by atoms with Crippen molar-refractivity contribution in [3.05, 3.63) is 0 Å². The third kappa shape index (κ3) is 4.15. The van der Waals surface area contributed by atoms with Crippen LogP contribution in [0.2, 0.25) is 0 Å². The monoisotopic (exact) mass is 237 g/mol. The molecular weight excluding hydrogens is 222 g/mol. The van der Waals surface area contributed by atoms with Gasteiger partial charge in [0.2, 0.25) is 10.0 Å². The van der Waals surface area contributed by atoms with Gasteiger partial charge in [-0.2, -0.15) is 4.31 Å². The zero-order valence-corrected chi connectivity index (χ0v) is 9.20. The van der Waals surface area contributed by atoms with Crippen molar-refractivity contribution in [1.82, 2.24) is 4.31 Å². The molecule has 0 aromatic rings. The molecule has 1 aliphatic heterocycles. The van der Waals surface area contributed by atoms with Crippen LogP contribution in [-0.4, -0.2) is 55.9 Å². The second-order valence-corrected chi connectivity index (χ2v) is 5.41. The van der Waals surface area contributed by atoms with Crippen LogP contribution in [0.4, 0.5) is 0 Å². The van der Waals surface area contributed by atoms with Crippen LogP contribution >= 0.6 is 0 Å². The molecule has 1 heterocycles. The molecule has 88 valence electrons. The predicted molar refractivity (Wildman–Crippen MR) is 53.0 cm³/mol. The number of ether oxygens (including phenoxy) is 1. The Hall–Kier alpha value is -0.660. The Morgan fingerprint density at radius 3 is 2.47 bits per heavy atom. The molecule has 15 heavy (non-hydrogen) atoms. The van der Waals surface area contributed by atoms with Gasteiger partial charge in [-0.05, 0) is 6.42 Å². The first kappa shape index (κ1) is 12.4. The summed E-state index contributed by atoms with van der Waals surface area (Å²) < 4.78 is 29.7. The molecule has 1 fully saturated rings. The molecule has 6 nitrogen and oxygen atoms in total. The van der Waals surface area contributed by atoms with Gasteiger partial charge in [-0.1, -0.05) is 0 Å². The van der Waals surface area contributed by atoms with E-state index in [0.29, 0.717) is 26.3 Å². The first-order chi connectivity index (χ1) is 7.02. The van der Waals surface area contributed by atoms with Gasteiger partial charge in [-0.25, -0.2) is 8.42 Å². The van der Waals surface area contributed by atoms with Crippen molar-refractivity contribution >= 4 is 16.0 Å². The van der Waals surface area contributed by atoms with Gasteiger partial charge in [-0.3, -0.25) is 4.79 Å². The van der Waals surface area contributed by atoms with E-state index in [4.69, 9.17) is 9.84 Å². The SMILES string of the molecule is O=C(O)CCCS(=O)(=O)N1CCOCC1. The quantitative estimate of drug-likeness (QED) is 0.697. The maximum Gasteiger partial charge on any atom is 0.303 e. The highest BCUT2D eigenvalue weighted by Gasteiger charge is 2.23. The average Bonchev–Trinajstić information content (AvgIpc) is 2.18. The van der Waals surface area contributed by atoms with Crippen molar-refractivity contribution in [3.8, 4) is 0 Å². The fourth-order valence-electron chi connectivity index (χ4n) is 1.36. The third-order valence-corrected chi connectivity index (χ3v) is 4.11. The molecule has 0 atom stereocenters. The minimum atomic E-state index is -3.29. The molecule has 7 heteroatoms. The molecule has 0 aliphatic carbocycles. The molecule has 1 N–H and O–H groups in total. The Morgan fingerprint density at radius 2 is 1.93 bits per heavy atom. The Balaban J connectivity index is 2.40. The summed E-state index contributed by atoms with van der Waals surface area (Å²) in [4.78, 5) is 10.2. The van der Waals surface area contributed by atoms with E-state index in [9.17, 15) is 13.2 Å². The summed E-state index contributed by atoms with van der Waals surface area (Å²) in [5.74, 6) is -1.06. The van der Waals surface area contributed by atoms with Crippen LogP contribution in [0, 0.1) is 0 Å². The van der Waals surface area contributed by atoms with Crippen LogP contribution in [-0.2, 0) is 19.6 Å². The molecule has 0 aromatic carbocycles. The van der Waals surface area contributed by atoms with Crippen molar-refractivity contribution in [1.29, 1.82) is 0 Å². The summed E-state index contributed by atoms with van der Waals surface area (Å²) in [6.45, 7) is 1.57. The molecule has 0 unspecified atom stereocenters. The highest BCUT2D eigenvalue weighted by molar-refractivity contribution is 7.89. The second-order valence-electron chi connectivity index (χ2n) is 3.32. The van der Waals surface area contributed by atoms with Gasteiger partial charge in [0.25, 0.3) is 0 Å². The van der Waals surface area contributed by atoms with Crippen molar-refractivity contribution in [2.45, 2.75) is 12.8 Å². The lowest BCUT2D eigenvalue weighted by molar-refractivity contribution is -0.137. The predicted octanol–water partition coefficient (Wildman–Crippen LogP) is -0.487. The van der Waals surface area contributed by atoms with Crippen molar-refractivity contribution in [2.24, 2.45) is 0 Å². The van der Waals surface area contributed by atoms with Gasteiger partial charge in [0.15, 0.2) is 0 Å². The molecule has 0 radical (unpaired) electrons. The third-order valence-electron chi connectivity index (χ3n) is 2.16. The molecule has 1 aliphatic rings. The Kier molecular flexibility index (Phi) is 4.49. The zero-order chi connectivity index (χ0) is 11.3. The number of carboxylic acids is 1. The van der Waals surface area contributed by atoms with E-state index in [2.05, 4.69) is 0 Å². The highest BCUT2D eigenvalue weighted by Crippen LogP contribution is 2.07. The summed E-state index contributed by atoms with van der Waals surface area (Å²) in [7, 11) is -3.29. The first-order valence-electron chi connectivity index (χ1n) is 4.80. The number of rotatable bonds is 5. The van der Waals surface area contributed by atoms with Gasteiger partial charge in [0, 0.05) is 19.5 Å². The van der Waals surface area contributed by atoms with Gasteiger partial charge >= 0.3 is 5.97 Å². The van der Waals surface area contributed by atoms with E-state index in [1.807, 2.05) is 0 Å². The first-order valence-corrected chi connectivity index (χ1v) is 6.40. The van der Waals surface area contributed by atoms with Crippen molar-refractivity contribution in [2.75, 3.05) is 32.1 Å². The van der Waals surface area contributed by atoms with Gasteiger partial charge < -0.3 is 9.84 Å². The maximum absolute atomic E-state index is 11.6. The summed E-state index contributed by atoms with van der Waals surface area (Å²) in [5.41, 5.74) is 0. The zero-order valence-electron chi connectivity index (χ0n) is 8.39. The largest absolute Gasteiger partial charge is 0.481 e. The van der Waals surface area contributed by atoms with Gasteiger partial charge in [-0.15, -0.1) is 0 Å². The van der Waals surface area contributed by atoms with Gasteiger partial charge in [0.05, 0.1) is 19.0 Å². The summed E-state index contributed by atoms with van der Waals surface area (Å²) in [5, 5.41) is 8.39. The fraction of sp³-hybridized carbons (Fsp3) is 0.875. The average molecular weight is 237 g/mol. The van der Waals surface area contributed by atoms with Gasteiger partial charge in [0.1, 0.15) is 0 Å². The standard InChI is InChI=1S/C8H15NO5S/c10-8(11)2-1-7-15(12,13)9-3-5-14-6-4-9/h1-7H2,(H,10,11). The molecule has 0 spiro atoms. The molecular formula is C8H15NO5S. The second kappa shape index (κ2) is 5.43. The number of hydrogen-bond acceptors (Lipinski definition) is 4. The number of nitrogens with zero attached hydrogens (tertiary/aromatic N) is 1. The van der Waals surface area contributed by atoms with E-state index >= 15 is 0 Å². The number of carbonyl (C=O) groups is 1. The lowest BCUT2D eigenvalue weighted by atomic mass is 10.3. The van der Waals surface area contributed by atoms with Crippen molar-refractivity contribution in [3.63, 3.8) is 0 Å². The van der Waals surface area contributed by atoms with Crippen LogP contribution < -0.4 is 0 Å². The maximum atomic E-state index is 11.6. The normalized spacial score (nSPS) is 18.9. The highest BCUT2D eigenvalue weighted by atomic mass is 32.2. The van der Waals surface area contributed by atoms with Crippen LogP contribution in [0.5, 0.6) is 0 Å². The molecule has 0 saturated carbocycles. The Morgan fingerprint density at radius 1 is 1.33 bits per heavy atom. The topological polar surface area (TPSA) is 83.9 Å². The van der Waals surface area contributed by atoms with Crippen LogP contribution in [0.25, 0.3) is 0 Å². The minimum absolute atomic E-state index is 0.0979. The van der Waals surface area contributed by atoms with E-state index in [0.717, 1.165) is 0 Å². The van der Waals surface area contributed by atoms with Crippen LogP contribution in [0.15, 0.2) is 0 Å². The van der Waals surface area contributed by atoms with Crippen LogP contribution in [0.3, 0.4) is 0 Å². The summed E-state index contributed by atoms with van der Waals surface area (Å²) in [6, 6.07) is 0. The van der Waals surface area contributed by atoms with E-state index in [1.54, 1.807) is 0 Å². The Labute approximate surface area is 88.9 Å². The smallest absolute Gasteiger partial charge is 0.303 e. The molecule has 1 rings (SSSR count). The number of hydrogen-bond donors (Lipinski definition) is 1. The van der Waals surface area contributed by atoms with Crippen LogP contribution in [0.1, 0.15) is 12.8 Å². The van der Waals surface area contributed by atoms with Crippen molar-refractivity contribution < 1.29 is 23.1 Å². The number of sulfonamides is 1. The molecule has 1 saturated heterocycles. The fourth-order valence-corrected chi connectivity index (χ4v) is 2.83. The van der Waals surface area contributed by atoms with E-state index in [-0.39, 0.29) is 18.6 Å². The van der Waals surface area contributed by atoms with E-state index in [1.165, 1.54) is 4.31 Å². The summed E-state index contributed by atoms with van der Waals surface area (Å²) >= 11 is 0.